The lowest BCUT2D eigenvalue weighted by atomic mass is 9.95. The number of benzene rings is 2. The number of rotatable bonds is 10. The van der Waals surface area contributed by atoms with Crippen LogP contribution >= 0.6 is 15.9 Å². The first-order chi connectivity index (χ1) is 16.8. The van der Waals surface area contributed by atoms with Crippen molar-refractivity contribution in [1.29, 1.82) is 0 Å². The molecule has 2 aromatic rings. The van der Waals surface area contributed by atoms with Gasteiger partial charge in [-0.2, -0.15) is 5.10 Å². The molecule has 2 atom stereocenters. The minimum absolute atomic E-state index is 0.108. The van der Waals surface area contributed by atoms with Crippen molar-refractivity contribution in [3.05, 3.63) is 69.3 Å². The first-order valence-corrected chi connectivity index (χ1v) is 11.6. The van der Waals surface area contributed by atoms with E-state index in [-0.39, 0.29) is 12.2 Å². The van der Waals surface area contributed by atoms with E-state index in [4.69, 9.17) is 14.2 Å². The molecule has 4 N–H and O–H groups in total. The Bertz CT molecular complexity index is 1140. The number of nitrogens with zero attached hydrogens (tertiary/aromatic N) is 1. The number of nitrogens with one attached hydrogen (secondary N) is 3. The van der Waals surface area contributed by atoms with E-state index in [1.165, 1.54) is 7.11 Å². The minimum Gasteiger partial charge on any atom is -0.490 e. The summed E-state index contributed by atoms with van der Waals surface area (Å²) in [6.07, 6.45) is 0.498. The number of urea groups is 1. The number of aliphatic hydroxyl groups excluding tert-OH is 1. The van der Waals surface area contributed by atoms with Crippen LogP contribution in [0, 0.1) is 0 Å². The van der Waals surface area contributed by atoms with Crippen molar-refractivity contribution in [2.45, 2.75) is 26.1 Å². The molecule has 0 spiro atoms. The zero-order valence-corrected chi connectivity index (χ0v) is 21.1. The van der Waals surface area contributed by atoms with E-state index < -0.39 is 24.3 Å². The summed E-state index contributed by atoms with van der Waals surface area (Å²) in [6.45, 7) is 3.70. The maximum atomic E-state index is 12.3. The van der Waals surface area contributed by atoms with Gasteiger partial charge in [-0.25, -0.2) is 9.59 Å². The maximum absolute atomic E-state index is 12.3. The zero-order valence-electron chi connectivity index (χ0n) is 19.5. The standard InChI is InChI=1S/C24H27BrN4O6/c1-4-34-19-11-15(22-21(23(31)33-3)14(2)27-24(32)28-22)9-10-18(19)35-13-20(30)29-26-12-16-7-5-6-8-17(16)25/h5-12,20,22,29-30H,4,13H2,1-3H3,(H2,27,28,32)/b26-12-/t20-,22+/m1/s1. The Kier molecular flexibility index (Phi) is 9.10. The smallest absolute Gasteiger partial charge is 0.337 e. The SMILES string of the molecule is CCOc1cc([C@@H]2NC(=O)NC(C)=C2C(=O)OC)ccc1OC[C@@H](O)N/N=C\c1ccccc1Br. The lowest BCUT2D eigenvalue weighted by molar-refractivity contribution is -0.136. The number of esters is 1. The van der Waals surface area contributed by atoms with Crippen molar-refractivity contribution in [1.82, 2.24) is 16.1 Å². The van der Waals surface area contributed by atoms with Gasteiger partial charge in [0.2, 0.25) is 0 Å². The normalized spacial score (nSPS) is 16.4. The number of halogens is 1. The van der Waals surface area contributed by atoms with Crippen molar-refractivity contribution >= 4 is 34.1 Å². The molecular weight excluding hydrogens is 520 g/mol. The number of ether oxygens (including phenoxy) is 3. The molecule has 2 aromatic carbocycles. The van der Waals surface area contributed by atoms with Gasteiger partial charge in [0.05, 0.1) is 31.5 Å². The molecule has 1 heterocycles. The third kappa shape index (κ3) is 6.74. The molecule has 0 unspecified atom stereocenters. The van der Waals surface area contributed by atoms with Crippen molar-refractivity contribution in [3.8, 4) is 11.5 Å². The Hall–Kier alpha value is -3.57. The molecule has 1 aliphatic heterocycles. The van der Waals surface area contributed by atoms with Crippen LogP contribution in [0.3, 0.4) is 0 Å². The van der Waals surface area contributed by atoms with Crippen LogP contribution in [0.5, 0.6) is 11.5 Å². The molecule has 0 fully saturated rings. The highest BCUT2D eigenvalue weighted by Gasteiger charge is 2.32. The number of allylic oxidation sites excluding steroid dienone is 1. The van der Waals surface area contributed by atoms with Gasteiger partial charge in [-0.3, -0.25) is 5.43 Å². The van der Waals surface area contributed by atoms with E-state index in [0.717, 1.165) is 10.0 Å². The van der Waals surface area contributed by atoms with Gasteiger partial charge in [0.25, 0.3) is 0 Å². The summed E-state index contributed by atoms with van der Waals surface area (Å²) < 4.78 is 17.2. The number of hydrogen-bond donors (Lipinski definition) is 4. The summed E-state index contributed by atoms with van der Waals surface area (Å²) in [5.41, 5.74) is 4.74. The topological polar surface area (TPSA) is 131 Å². The van der Waals surface area contributed by atoms with Crippen LogP contribution in [0.1, 0.15) is 31.0 Å². The Morgan fingerprint density at radius 2 is 2.03 bits per heavy atom. The molecule has 0 aliphatic carbocycles. The zero-order chi connectivity index (χ0) is 25.4. The van der Waals surface area contributed by atoms with Crippen LogP contribution in [0.4, 0.5) is 4.79 Å². The highest BCUT2D eigenvalue weighted by Crippen LogP contribution is 2.34. The fraction of sp³-hybridized carbons (Fsp3) is 0.292. The van der Waals surface area contributed by atoms with Gasteiger partial charge in [-0.1, -0.05) is 40.2 Å². The predicted octanol–water partition coefficient (Wildman–Crippen LogP) is 2.97. The highest BCUT2D eigenvalue weighted by atomic mass is 79.9. The third-order valence-electron chi connectivity index (χ3n) is 5.00. The second kappa shape index (κ2) is 12.2. The van der Waals surface area contributed by atoms with E-state index in [1.54, 1.807) is 31.3 Å². The molecule has 2 amide bonds. The van der Waals surface area contributed by atoms with Crippen LogP contribution in [-0.2, 0) is 9.53 Å². The Balaban J connectivity index is 1.72. The molecule has 1 aliphatic rings. The fourth-order valence-corrected chi connectivity index (χ4v) is 3.78. The lowest BCUT2D eigenvalue weighted by Gasteiger charge is -2.28. The Morgan fingerprint density at radius 1 is 1.26 bits per heavy atom. The summed E-state index contributed by atoms with van der Waals surface area (Å²) in [6, 6.07) is 11.4. The van der Waals surface area contributed by atoms with Gasteiger partial charge in [0.15, 0.2) is 17.7 Å². The molecule has 35 heavy (non-hydrogen) atoms. The number of hydrazone groups is 1. The number of hydrogen-bond acceptors (Lipinski definition) is 8. The third-order valence-corrected chi connectivity index (χ3v) is 5.73. The average molecular weight is 547 g/mol. The monoisotopic (exact) mass is 546 g/mol. The molecule has 10 nitrogen and oxygen atoms in total. The minimum atomic E-state index is -1.08. The van der Waals surface area contributed by atoms with Crippen LogP contribution in [-0.4, -0.2) is 49.9 Å². The summed E-state index contributed by atoms with van der Waals surface area (Å²) in [5.74, 6) is 0.214. The molecule has 0 bridgehead atoms. The van der Waals surface area contributed by atoms with Crippen LogP contribution in [0.2, 0.25) is 0 Å². The van der Waals surface area contributed by atoms with E-state index in [9.17, 15) is 14.7 Å². The van der Waals surface area contributed by atoms with Gasteiger partial charge in [0.1, 0.15) is 6.61 Å². The van der Waals surface area contributed by atoms with Crippen molar-refractivity contribution in [2.75, 3.05) is 20.3 Å². The van der Waals surface area contributed by atoms with Crippen molar-refractivity contribution < 1.29 is 28.9 Å². The highest BCUT2D eigenvalue weighted by molar-refractivity contribution is 9.10. The van der Waals surface area contributed by atoms with Gasteiger partial charge in [-0.15, -0.1) is 0 Å². The van der Waals surface area contributed by atoms with Crippen molar-refractivity contribution in [2.24, 2.45) is 5.10 Å². The molecule has 11 heteroatoms. The van der Waals surface area contributed by atoms with E-state index in [1.807, 2.05) is 31.2 Å². The van der Waals surface area contributed by atoms with Gasteiger partial charge < -0.3 is 30.0 Å². The molecular formula is C24H27BrN4O6. The van der Waals surface area contributed by atoms with E-state index >= 15 is 0 Å². The molecule has 0 radical (unpaired) electrons. The lowest BCUT2D eigenvalue weighted by Crippen LogP contribution is -2.45. The number of methoxy groups -OCH3 is 1. The first-order valence-electron chi connectivity index (χ1n) is 10.8. The summed E-state index contributed by atoms with van der Waals surface area (Å²) in [4.78, 5) is 24.4. The van der Waals surface area contributed by atoms with Gasteiger partial charge in [0, 0.05) is 15.7 Å². The number of carbonyl (C=O) groups is 2. The van der Waals surface area contributed by atoms with Crippen LogP contribution in [0.25, 0.3) is 0 Å². The molecule has 0 saturated carbocycles. The fourth-order valence-electron chi connectivity index (χ4n) is 3.39. The number of carbonyl (C=O) groups excluding carboxylic acids is 2. The maximum Gasteiger partial charge on any atom is 0.337 e. The Labute approximate surface area is 211 Å². The second-order valence-corrected chi connectivity index (χ2v) is 8.29. The second-order valence-electron chi connectivity index (χ2n) is 7.44. The average Bonchev–Trinajstić information content (AvgIpc) is 2.83. The largest absolute Gasteiger partial charge is 0.490 e. The van der Waals surface area contributed by atoms with E-state index in [2.05, 4.69) is 37.1 Å². The summed E-state index contributed by atoms with van der Waals surface area (Å²) in [5, 5.41) is 19.6. The molecule has 0 aromatic heterocycles. The Morgan fingerprint density at radius 3 is 2.74 bits per heavy atom. The quantitative estimate of drug-likeness (QED) is 0.156. The van der Waals surface area contributed by atoms with Gasteiger partial charge >= 0.3 is 12.0 Å². The molecule has 3 rings (SSSR count). The van der Waals surface area contributed by atoms with Gasteiger partial charge in [-0.05, 0) is 37.6 Å². The first kappa shape index (κ1) is 26.0. The molecule has 186 valence electrons. The number of aliphatic hydroxyl groups is 1. The number of amides is 2. The predicted molar refractivity (Wildman–Crippen MR) is 133 cm³/mol. The van der Waals surface area contributed by atoms with Crippen LogP contribution < -0.4 is 25.5 Å². The van der Waals surface area contributed by atoms with Crippen LogP contribution in [0.15, 0.2) is 63.3 Å². The summed E-state index contributed by atoms with van der Waals surface area (Å²) in [7, 11) is 1.28. The summed E-state index contributed by atoms with van der Waals surface area (Å²) >= 11 is 3.43. The molecule has 0 saturated heterocycles. The van der Waals surface area contributed by atoms with E-state index in [0.29, 0.717) is 29.4 Å². The van der Waals surface area contributed by atoms with Crippen molar-refractivity contribution in [3.63, 3.8) is 0 Å².